The van der Waals surface area contributed by atoms with E-state index in [0.717, 1.165) is 11.4 Å². The third kappa shape index (κ3) is 15.5. The van der Waals surface area contributed by atoms with Crippen molar-refractivity contribution in [2.45, 2.75) is 13.8 Å². The van der Waals surface area contributed by atoms with Crippen LogP contribution in [0.15, 0.2) is 36.7 Å². The average Bonchev–Trinajstić information content (AvgIpc) is 2.29. The fraction of sp³-hybridized carbons (Fsp3) is 0.167. The molecule has 2 heterocycles. The van der Waals surface area contributed by atoms with Gasteiger partial charge in [0.05, 0.1) is 11.4 Å². The first-order chi connectivity index (χ1) is 8.75. The van der Waals surface area contributed by atoms with E-state index in [1.807, 2.05) is 50.5 Å². The van der Waals surface area contributed by atoms with Crippen LogP contribution in [-0.2, 0) is 51.8 Å². The van der Waals surface area contributed by atoms with Crippen molar-refractivity contribution in [1.82, 2.24) is 9.97 Å². The Morgan fingerprint density at radius 2 is 1.00 bits per heavy atom. The second-order valence-corrected chi connectivity index (χ2v) is 4.67. The topological polar surface area (TPSA) is 238 Å². The molecular formula is C12H24N2O8SZn+4. The SMILES string of the molecule is Cc1ccc(-c2ccc(C)cn2)nc1.O=S(=O)([O-])[O-].[OH3+].[OH3+].[OH3+].[OH3+].[Zn+2]. The summed E-state index contributed by atoms with van der Waals surface area (Å²) in [5, 5.41) is 0. The second kappa shape index (κ2) is 15.2. The molecule has 2 aromatic rings. The Morgan fingerprint density at radius 1 is 0.750 bits per heavy atom. The molecule has 0 saturated heterocycles. The van der Waals surface area contributed by atoms with E-state index in [1.54, 1.807) is 0 Å². The van der Waals surface area contributed by atoms with Crippen LogP contribution in [0.2, 0.25) is 0 Å². The summed E-state index contributed by atoms with van der Waals surface area (Å²) in [6, 6.07) is 8.08. The molecule has 0 bridgehead atoms. The zero-order valence-corrected chi connectivity index (χ0v) is 17.2. The number of pyridine rings is 2. The van der Waals surface area contributed by atoms with Crippen molar-refractivity contribution < 1.29 is 58.9 Å². The van der Waals surface area contributed by atoms with E-state index in [9.17, 15) is 0 Å². The normalized spacial score (nSPS) is 8.33. The maximum Gasteiger partial charge on any atom is 2.00 e. The van der Waals surface area contributed by atoms with Crippen LogP contribution in [0.4, 0.5) is 0 Å². The van der Waals surface area contributed by atoms with Gasteiger partial charge in [-0.05, 0) is 37.1 Å². The number of aromatic nitrogens is 2. The molecule has 12 heteroatoms. The number of hydrogen-bond donors (Lipinski definition) is 0. The van der Waals surface area contributed by atoms with Crippen LogP contribution in [0, 0.1) is 13.8 Å². The summed E-state index contributed by atoms with van der Waals surface area (Å²) in [6.07, 6.45) is 3.72. The van der Waals surface area contributed by atoms with Gasteiger partial charge in [0.1, 0.15) is 0 Å². The Hall–Kier alpha value is -1.37. The van der Waals surface area contributed by atoms with Gasteiger partial charge >= 0.3 is 19.5 Å². The molecule has 0 amide bonds. The molecule has 0 radical (unpaired) electrons. The van der Waals surface area contributed by atoms with Crippen LogP contribution < -0.4 is 0 Å². The minimum Gasteiger partial charge on any atom is -0.759 e. The van der Waals surface area contributed by atoms with Crippen molar-refractivity contribution >= 4 is 10.4 Å². The smallest absolute Gasteiger partial charge is 0.759 e. The van der Waals surface area contributed by atoms with Gasteiger partial charge in [0.2, 0.25) is 0 Å². The van der Waals surface area contributed by atoms with Crippen LogP contribution >= 0.6 is 0 Å². The maximum absolute atomic E-state index is 8.52. The van der Waals surface area contributed by atoms with Gasteiger partial charge in [-0.1, -0.05) is 12.1 Å². The fourth-order valence-corrected chi connectivity index (χ4v) is 1.24. The molecule has 2 aromatic heterocycles. The monoisotopic (exact) mass is 420 g/mol. The number of hydrogen-bond acceptors (Lipinski definition) is 6. The van der Waals surface area contributed by atoms with Gasteiger partial charge < -0.3 is 31.0 Å². The van der Waals surface area contributed by atoms with Crippen LogP contribution in [0.25, 0.3) is 11.4 Å². The molecule has 0 atom stereocenters. The summed E-state index contributed by atoms with van der Waals surface area (Å²) in [4.78, 5) is 8.63. The molecule has 0 spiro atoms. The molecule has 0 aromatic carbocycles. The van der Waals surface area contributed by atoms with Gasteiger partial charge in [-0.15, -0.1) is 0 Å². The van der Waals surface area contributed by atoms with E-state index in [-0.39, 0.29) is 41.4 Å². The number of rotatable bonds is 1. The van der Waals surface area contributed by atoms with E-state index >= 15 is 0 Å². The molecule has 0 fully saturated rings. The maximum atomic E-state index is 8.52. The molecule has 0 aliphatic rings. The average molecular weight is 422 g/mol. The van der Waals surface area contributed by atoms with Crippen molar-refractivity contribution in [3.05, 3.63) is 47.8 Å². The molecule has 2 rings (SSSR count). The van der Waals surface area contributed by atoms with Gasteiger partial charge in [0, 0.05) is 22.8 Å². The Labute approximate surface area is 152 Å². The summed E-state index contributed by atoms with van der Waals surface area (Å²) in [6.45, 7) is 4.05. The van der Waals surface area contributed by atoms with Gasteiger partial charge in [-0.3, -0.25) is 18.4 Å². The predicted molar refractivity (Wildman–Crippen MR) is 86.9 cm³/mol. The Bertz CT molecular complexity index is 584. The standard InChI is InChI=1S/C12H12N2.H2O4S.4H2O.Zn/c1-9-3-5-11(13-7-9)12-6-4-10(2)8-14-12;1-5(2,3)4;;;;;/h3-8H,1-2H3;(H2,1,2,3,4);4*1H2;/q;;;;;;+2/p+2. The molecular weight excluding hydrogens is 398 g/mol. The third-order valence-corrected chi connectivity index (χ3v) is 2.09. The van der Waals surface area contributed by atoms with Crippen LogP contribution in [0.3, 0.4) is 0 Å². The van der Waals surface area contributed by atoms with Crippen molar-refractivity contribution in [3.63, 3.8) is 0 Å². The van der Waals surface area contributed by atoms with Crippen LogP contribution in [-0.4, -0.2) is 27.5 Å². The molecule has 0 unspecified atom stereocenters. The predicted octanol–water partition coefficient (Wildman–Crippen LogP) is -2.27. The Kier molecular flexibility index (Phi) is 21.5. The Morgan fingerprint density at radius 3 is 1.17 bits per heavy atom. The summed E-state index contributed by atoms with van der Waals surface area (Å²) in [7, 11) is -5.17. The van der Waals surface area contributed by atoms with Gasteiger partial charge in [-0.2, -0.15) is 0 Å². The summed E-state index contributed by atoms with van der Waals surface area (Å²) in [5.41, 5.74) is 4.19. The summed E-state index contributed by atoms with van der Waals surface area (Å²) in [5.74, 6) is 0. The zero-order chi connectivity index (χ0) is 14.5. The van der Waals surface area contributed by atoms with Crippen LogP contribution in [0.5, 0.6) is 0 Å². The first-order valence-electron chi connectivity index (χ1n) is 5.28. The fourth-order valence-electron chi connectivity index (χ4n) is 1.24. The second-order valence-electron chi connectivity index (χ2n) is 3.85. The Balaban J connectivity index is -0.000000108. The molecule has 0 aliphatic heterocycles. The van der Waals surface area contributed by atoms with Crippen molar-refractivity contribution in [2.75, 3.05) is 0 Å². The molecule has 0 aliphatic carbocycles. The van der Waals surface area contributed by atoms with Gasteiger partial charge in [0.25, 0.3) is 0 Å². The molecule has 24 heavy (non-hydrogen) atoms. The first-order valence-corrected chi connectivity index (χ1v) is 6.61. The number of nitrogens with zero attached hydrogens (tertiary/aromatic N) is 2. The molecule has 134 valence electrons. The molecule has 0 saturated carbocycles. The largest absolute Gasteiger partial charge is 2.00 e. The van der Waals surface area contributed by atoms with E-state index in [0.29, 0.717) is 0 Å². The van der Waals surface area contributed by atoms with E-state index in [1.165, 1.54) is 11.1 Å². The minimum absolute atomic E-state index is 0. The summed E-state index contributed by atoms with van der Waals surface area (Å²) < 4.78 is 34.1. The van der Waals surface area contributed by atoms with Gasteiger partial charge in [0.15, 0.2) is 0 Å². The van der Waals surface area contributed by atoms with Crippen molar-refractivity contribution in [2.24, 2.45) is 0 Å². The third-order valence-electron chi connectivity index (χ3n) is 2.09. The first kappa shape index (κ1) is 34.1. The van der Waals surface area contributed by atoms with E-state index < -0.39 is 10.4 Å². The van der Waals surface area contributed by atoms with Crippen molar-refractivity contribution in [1.29, 1.82) is 0 Å². The minimum atomic E-state index is -5.17. The van der Waals surface area contributed by atoms with E-state index in [4.69, 9.17) is 17.5 Å². The van der Waals surface area contributed by atoms with Crippen LogP contribution in [0.1, 0.15) is 11.1 Å². The zero-order valence-electron chi connectivity index (χ0n) is 13.4. The summed E-state index contributed by atoms with van der Waals surface area (Å²) >= 11 is 0. The number of aryl methyl sites for hydroxylation is 2. The molecule has 12 N–H and O–H groups in total. The van der Waals surface area contributed by atoms with E-state index in [2.05, 4.69) is 9.97 Å². The quantitative estimate of drug-likeness (QED) is 0.212. The van der Waals surface area contributed by atoms with Crippen molar-refractivity contribution in [3.8, 4) is 11.4 Å². The molecule has 10 nitrogen and oxygen atoms in total. The van der Waals surface area contributed by atoms with Gasteiger partial charge in [-0.25, -0.2) is 0 Å².